The number of nitrogens with two attached hydrogens (primary N) is 1. The summed E-state index contributed by atoms with van der Waals surface area (Å²) >= 11 is 2.03. The third kappa shape index (κ3) is 3.00. The van der Waals surface area contributed by atoms with Gasteiger partial charge in [0.15, 0.2) is 0 Å². The Bertz CT molecular complexity index is 352. The van der Waals surface area contributed by atoms with Gasteiger partial charge in [-0.3, -0.25) is 9.88 Å². The molecular formula is C13H21N3S. The highest BCUT2D eigenvalue weighted by Gasteiger charge is 2.26. The number of pyridine rings is 1. The highest BCUT2D eigenvalue weighted by molar-refractivity contribution is 7.99. The minimum Gasteiger partial charge on any atom is -0.329 e. The lowest BCUT2D eigenvalue weighted by atomic mass is 10.1. The predicted octanol–water partition coefficient (Wildman–Crippen LogP) is 1.83. The number of hydrogen-bond donors (Lipinski definition) is 1. The molecule has 2 heterocycles. The molecule has 2 rings (SSSR count). The summed E-state index contributed by atoms with van der Waals surface area (Å²) in [6.07, 6.45) is 1.97. The maximum absolute atomic E-state index is 5.96. The number of rotatable bonds is 3. The van der Waals surface area contributed by atoms with Gasteiger partial charge in [-0.1, -0.05) is 6.07 Å². The molecule has 2 N–H and O–H groups in total. The van der Waals surface area contributed by atoms with Gasteiger partial charge >= 0.3 is 0 Å². The van der Waals surface area contributed by atoms with E-state index in [0.29, 0.717) is 18.6 Å². The molecule has 1 fully saturated rings. The van der Waals surface area contributed by atoms with Crippen molar-refractivity contribution in [1.82, 2.24) is 9.88 Å². The number of thioether (sulfide) groups is 1. The van der Waals surface area contributed by atoms with Gasteiger partial charge in [0.2, 0.25) is 0 Å². The normalized spacial score (nSPS) is 23.6. The van der Waals surface area contributed by atoms with Crippen LogP contribution in [0.1, 0.15) is 24.2 Å². The van der Waals surface area contributed by atoms with Crippen LogP contribution >= 0.6 is 11.8 Å². The lowest BCUT2D eigenvalue weighted by Crippen LogP contribution is -2.45. The quantitative estimate of drug-likeness (QED) is 0.890. The van der Waals surface area contributed by atoms with E-state index in [0.717, 1.165) is 12.2 Å². The largest absolute Gasteiger partial charge is 0.329 e. The van der Waals surface area contributed by atoms with E-state index >= 15 is 0 Å². The van der Waals surface area contributed by atoms with Crippen LogP contribution in [0.2, 0.25) is 0 Å². The van der Waals surface area contributed by atoms with Gasteiger partial charge in [0.05, 0.1) is 0 Å². The molecule has 2 atom stereocenters. The van der Waals surface area contributed by atoms with Crippen LogP contribution in [0.25, 0.3) is 0 Å². The van der Waals surface area contributed by atoms with Crippen molar-refractivity contribution < 1.29 is 0 Å². The average Bonchev–Trinajstić information content (AvgIpc) is 2.35. The Morgan fingerprint density at radius 2 is 2.41 bits per heavy atom. The summed E-state index contributed by atoms with van der Waals surface area (Å²) in [6.45, 7) is 6.10. The second-order valence-electron chi connectivity index (χ2n) is 4.65. The predicted molar refractivity (Wildman–Crippen MR) is 74.3 cm³/mol. The molecule has 1 aliphatic heterocycles. The van der Waals surface area contributed by atoms with Crippen LogP contribution in [0.5, 0.6) is 0 Å². The molecule has 0 bridgehead atoms. The highest BCUT2D eigenvalue weighted by atomic mass is 32.2. The van der Waals surface area contributed by atoms with Crippen molar-refractivity contribution in [3.05, 3.63) is 29.6 Å². The maximum Gasteiger partial charge on any atom is 0.0489 e. The highest BCUT2D eigenvalue weighted by Crippen LogP contribution is 2.26. The zero-order valence-corrected chi connectivity index (χ0v) is 11.4. The first-order chi connectivity index (χ1) is 8.22. The Kier molecular flexibility index (Phi) is 4.42. The lowest BCUT2D eigenvalue weighted by Gasteiger charge is -2.39. The summed E-state index contributed by atoms with van der Waals surface area (Å²) < 4.78 is 0. The molecule has 0 radical (unpaired) electrons. The van der Waals surface area contributed by atoms with Gasteiger partial charge in [-0.15, -0.1) is 0 Å². The molecule has 1 aliphatic rings. The van der Waals surface area contributed by atoms with Crippen molar-refractivity contribution in [2.75, 3.05) is 24.6 Å². The van der Waals surface area contributed by atoms with Crippen molar-refractivity contribution in [3.8, 4) is 0 Å². The molecule has 4 heteroatoms. The van der Waals surface area contributed by atoms with Crippen LogP contribution in [0.3, 0.4) is 0 Å². The third-order valence-electron chi connectivity index (χ3n) is 3.36. The van der Waals surface area contributed by atoms with Crippen LogP contribution in [-0.2, 0) is 0 Å². The topological polar surface area (TPSA) is 42.1 Å². The summed E-state index contributed by atoms with van der Waals surface area (Å²) in [5.74, 6) is 2.41. The number of aryl methyl sites for hydroxylation is 1. The fourth-order valence-corrected chi connectivity index (χ4v) is 3.38. The molecule has 17 heavy (non-hydrogen) atoms. The molecule has 3 nitrogen and oxygen atoms in total. The summed E-state index contributed by atoms with van der Waals surface area (Å²) in [6, 6.07) is 5.15. The van der Waals surface area contributed by atoms with Gasteiger partial charge in [-0.25, -0.2) is 0 Å². The molecule has 0 aliphatic carbocycles. The van der Waals surface area contributed by atoms with Crippen LogP contribution in [0, 0.1) is 6.92 Å². The first-order valence-corrected chi connectivity index (χ1v) is 7.34. The van der Waals surface area contributed by atoms with E-state index in [4.69, 9.17) is 5.73 Å². The number of nitrogens with zero attached hydrogens (tertiary/aromatic N) is 2. The van der Waals surface area contributed by atoms with E-state index in [1.165, 1.54) is 17.1 Å². The van der Waals surface area contributed by atoms with E-state index in [1.54, 1.807) is 0 Å². The minimum absolute atomic E-state index is 0.319. The average molecular weight is 251 g/mol. The SMILES string of the molecule is Cc1ccc(C(CN)N2CCSCC2C)cn1. The van der Waals surface area contributed by atoms with Crippen molar-refractivity contribution in [1.29, 1.82) is 0 Å². The van der Waals surface area contributed by atoms with Crippen LogP contribution < -0.4 is 5.73 Å². The fourth-order valence-electron chi connectivity index (χ4n) is 2.34. The van der Waals surface area contributed by atoms with E-state index in [-0.39, 0.29) is 0 Å². The molecule has 0 spiro atoms. The van der Waals surface area contributed by atoms with Crippen molar-refractivity contribution >= 4 is 11.8 Å². The van der Waals surface area contributed by atoms with E-state index in [1.807, 2.05) is 24.9 Å². The standard InChI is InChI=1S/C13H21N3S/c1-10-3-4-12(8-15-10)13(7-14)16-5-6-17-9-11(16)2/h3-4,8,11,13H,5-7,9,14H2,1-2H3. The third-order valence-corrected chi connectivity index (χ3v) is 4.55. The molecular weight excluding hydrogens is 230 g/mol. The first-order valence-electron chi connectivity index (χ1n) is 6.18. The van der Waals surface area contributed by atoms with Crippen LogP contribution in [-0.4, -0.2) is 40.5 Å². The molecule has 1 saturated heterocycles. The van der Waals surface area contributed by atoms with Gasteiger partial charge in [0, 0.05) is 48.6 Å². The molecule has 0 saturated carbocycles. The van der Waals surface area contributed by atoms with Crippen molar-refractivity contribution in [2.24, 2.45) is 5.73 Å². The smallest absolute Gasteiger partial charge is 0.0489 e. The Balaban J connectivity index is 2.17. The number of hydrogen-bond acceptors (Lipinski definition) is 4. The second kappa shape index (κ2) is 5.85. The summed E-state index contributed by atoms with van der Waals surface area (Å²) in [7, 11) is 0. The Hall–Kier alpha value is -0.580. The zero-order valence-electron chi connectivity index (χ0n) is 10.6. The maximum atomic E-state index is 5.96. The second-order valence-corrected chi connectivity index (χ2v) is 5.80. The van der Waals surface area contributed by atoms with Gasteiger partial charge in [0.25, 0.3) is 0 Å². The lowest BCUT2D eigenvalue weighted by molar-refractivity contribution is 0.165. The zero-order chi connectivity index (χ0) is 12.3. The molecule has 2 unspecified atom stereocenters. The molecule has 0 aromatic carbocycles. The van der Waals surface area contributed by atoms with E-state index in [2.05, 4.69) is 28.9 Å². The summed E-state index contributed by atoms with van der Waals surface area (Å²) in [5.41, 5.74) is 8.27. The minimum atomic E-state index is 0.319. The number of aromatic nitrogens is 1. The Morgan fingerprint density at radius 3 is 3.00 bits per heavy atom. The Labute approximate surface area is 108 Å². The van der Waals surface area contributed by atoms with Crippen LogP contribution in [0.15, 0.2) is 18.3 Å². The van der Waals surface area contributed by atoms with Crippen LogP contribution in [0.4, 0.5) is 0 Å². The summed E-state index contributed by atoms with van der Waals surface area (Å²) in [4.78, 5) is 6.90. The summed E-state index contributed by atoms with van der Waals surface area (Å²) in [5, 5.41) is 0. The molecule has 1 aromatic rings. The molecule has 1 aromatic heterocycles. The van der Waals surface area contributed by atoms with Crippen molar-refractivity contribution in [3.63, 3.8) is 0 Å². The Morgan fingerprint density at radius 1 is 1.59 bits per heavy atom. The van der Waals surface area contributed by atoms with E-state index in [9.17, 15) is 0 Å². The van der Waals surface area contributed by atoms with Gasteiger partial charge in [0.1, 0.15) is 0 Å². The molecule has 94 valence electrons. The molecule has 0 amide bonds. The monoisotopic (exact) mass is 251 g/mol. The fraction of sp³-hybridized carbons (Fsp3) is 0.615. The van der Waals surface area contributed by atoms with Gasteiger partial charge in [-0.2, -0.15) is 11.8 Å². The van der Waals surface area contributed by atoms with E-state index < -0.39 is 0 Å². The van der Waals surface area contributed by atoms with Gasteiger partial charge in [-0.05, 0) is 25.5 Å². The van der Waals surface area contributed by atoms with Crippen molar-refractivity contribution in [2.45, 2.75) is 25.9 Å². The first kappa shape index (κ1) is 12.9. The van der Waals surface area contributed by atoms with Gasteiger partial charge < -0.3 is 5.73 Å².